The summed E-state index contributed by atoms with van der Waals surface area (Å²) in [6.07, 6.45) is 3.86. The summed E-state index contributed by atoms with van der Waals surface area (Å²) >= 11 is 0. The Balaban J connectivity index is 1.73. The third-order valence-corrected chi connectivity index (χ3v) is 6.03. The molecular weight excluding hydrogens is 292 g/mol. The van der Waals surface area contributed by atoms with E-state index in [4.69, 9.17) is 9.57 Å². The molecule has 6 nitrogen and oxygen atoms in total. The Morgan fingerprint density at radius 1 is 1.24 bits per heavy atom. The molecule has 0 bridgehead atoms. The van der Waals surface area contributed by atoms with Crippen molar-refractivity contribution in [2.75, 3.05) is 20.2 Å². The van der Waals surface area contributed by atoms with Crippen LogP contribution in [-0.2, 0) is 14.9 Å². The zero-order valence-corrected chi connectivity index (χ0v) is 12.7. The van der Waals surface area contributed by atoms with Crippen molar-refractivity contribution in [3.05, 3.63) is 24.3 Å². The van der Waals surface area contributed by atoms with Crippen molar-refractivity contribution in [3.8, 4) is 5.75 Å². The summed E-state index contributed by atoms with van der Waals surface area (Å²) in [6, 6.07) is 6.47. The fourth-order valence-electron chi connectivity index (χ4n) is 2.72. The molecule has 2 aliphatic rings. The maximum atomic E-state index is 12.6. The predicted octanol–water partition coefficient (Wildman–Crippen LogP) is 1.62. The van der Waals surface area contributed by atoms with Crippen molar-refractivity contribution >= 4 is 16.2 Å². The number of sulfonamides is 1. The number of benzene rings is 1. The summed E-state index contributed by atoms with van der Waals surface area (Å²) in [5, 5.41) is 3.82. The van der Waals surface area contributed by atoms with Crippen LogP contribution in [0, 0.1) is 0 Å². The molecule has 1 aromatic carbocycles. The van der Waals surface area contributed by atoms with Crippen LogP contribution in [0.25, 0.3) is 0 Å². The van der Waals surface area contributed by atoms with E-state index in [1.807, 2.05) is 0 Å². The van der Waals surface area contributed by atoms with Gasteiger partial charge in [-0.2, -0.15) is 4.31 Å². The van der Waals surface area contributed by atoms with E-state index in [1.54, 1.807) is 37.6 Å². The highest BCUT2D eigenvalue weighted by Gasteiger charge is 2.41. The number of ether oxygens (including phenoxy) is 1. The Bertz CT molecular complexity index is 621. The van der Waals surface area contributed by atoms with E-state index in [1.165, 1.54) is 4.31 Å². The van der Waals surface area contributed by atoms with Crippen LogP contribution in [-0.4, -0.2) is 44.7 Å². The number of nitrogens with zero attached hydrogens (tertiary/aromatic N) is 2. The molecule has 0 saturated carbocycles. The largest absolute Gasteiger partial charge is 0.497 e. The van der Waals surface area contributed by atoms with Crippen molar-refractivity contribution in [2.24, 2.45) is 5.16 Å². The number of oxime groups is 1. The topological polar surface area (TPSA) is 68.2 Å². The second-order valence-electron chi connectivity index (χ2n) is 5.35. The Hall–Kier alpha value is -1.60. The summed E-state index contributed by atoms with van der Waals surface area (Å²) in [5.74, 6) is 0.642. The molecule has 21 heavy (non-hydrogen) atoms. The maximum Gasteiger partial charge on any atom is 0.243 e. The zero-order valence-electron chi connectivity index (χ0n) is 11.9. The summed E-state index contributed by atoms with van der Waals surface area (Å²) < 4.78 is 31.8. The molecular formula is C14H18N2O4S. The van der Waals surface area contributed by atoms with E-state index in [2.05, 4.69) is 5.16 Å². The van der Waals surface area contributed by atoms with Gasteiger partial charge >= 0.3 is 0 Å². The number of hydrogen-bond donors (Lipinski definition) is 0. The fraction of sp³-hybridized carbons (Fsp3) is 0.500. The average Bonchev–Trinajstić information content (AvgIpc) is 2.96. The zero-order chi connectivity index (χ0) is 14.9. The second-order valence-corrected chi connectivity index (χ2v) is 7.28. The molecule has 7 heteroatoms. The van der Waals surface area contributed by atoms with Gasteiger partial charge in [-0.1, -0.05) is 5.16 Å². The molecule has 0 radical (unpaired) electrons. The number of piperidine rings is 1. The summed E-state index contributed by atoms with van der Waals surface area (Å²) in [5.41, 5.74) is -0.286. The summed E-state index contributed by atoms with van der Waals surface area (Å²) in [4.78, 5) is 5.70. The molecule has 0 atom stereocenters. The smallest absolute Gasteiger partial charge is 0.243 e. The predicted molar refractivity (Wildman–Crippen MR) is 77.9 cm³/mol. The number of methoxy groups -OCH3 is 1. The van der Waals surface area contributed by atoms with Crippen LogP contribution in [0.1, 0.15) is 19.3 Å². The van der Waals surface area contributed by atoms with E-state index >= 15 is 0 Å². The van der Waals surface area contributed by atoms with Gasteiger partial charge in [0.05, 0.1) is 12.0 Å². The van der Waals surface area contributed by atoms with Crippen molar-refractivity contribution in [2.45, 2.75) is 29.8 Å². The lowest BCUT2D eigenvalue weighted by atomic mass is 9.90. The van der Waals surface area contributed by atoms with Crippen LogP contribution in [0.5, 0.6) is 5.75 Å². The number of hydrogen-bond acceptors (Lipinski definition) is 5. The van der Waals surface area contributed by atoms with Crippen LogP contribution < -0.4 is 4.74 Å². The van der Waals surface area contributed by atoms with Crippen LogP contribution >= 0.6 is 0 Å². The number of rotatable bonds is 3. The molecule has 1 aromatic rings. The third kappa shape index (κ3) is 2.63. The first-order chi connectivity index (χ1) is 10.1. The molecule has 1 fully saturated rings. The monoisotopic (exact) mass is 310 g/mol. The quantitative estimate of drug-likeness (QED) is 0.851. The molecule has 1 spiro atoms. The van der Waals surface area contributed by atoms with Gasteiger partial charge in [0.15, 0.2) is 0 Å². The van der Waals surface area contributed by atoms with Crippen LogP contribution in [0.2, 0.25) is 0 Å². The van der Waals surface area contributed by atoms with Crippen molar-refractivity contribution in [1.29, 1.82) is 0 Å². The molecule has 0 aliphatic carbocycles. The SMILES string of the molecule is COc1ccc(S(=O)(=O)N2CCC3(CC=NO3)CC2)cc1. The lowest BCUT2D eigenvalue weighted by Crippen LogP contribution is -2.46. The van der Waals surface area contributed by atoms with Gasteiger partial charge in [-0.15, -0.1) is 0 Å². The molecule has 1 saturated heterocycles. The van der Waals surface area contributed by atoms with E-state index in [9.17, 15) is 8.42 Å². The first-order valence-corrected chi connectivity index (χ1v) is 8.34. The first kappa shape index (κ1) is 14.3. The Labute approximate surface area is 124 Å². The molecule has 0 unspecified atom stereocenters. The minimum atomic E-state index is -3.45. The first-order valence-electron chi connectivity index (χ1n) is 6.90. The average molecular weight is 310 g/mol. The molecule has 0 N–H and O–H groups in total. The van der Waals surface area contributed by atoms with Gasteiger partial charge in [0, 0.05) is 38.6 Å². The van der Waals surface area contributed by atoms with Gasteiger partial charge in [-0.05, 0) is 24.3 Å². The normalized spacial score (nSPS) is 21.4. The summed E-state index contributed by atoms with van der Waals surface area (Å²) in [7, 11) is -1.90. The van der Waals surface area contributed by atoms with E-state index in [0.29, 0.717) is 36.6 Å². The minimum absolute atomic E-state index is 0.286. The van der Waals surface area contributed by atoms with Gasteiger partial charge in [-0.25, -0.2) is 8.42 Å². The fourth-order valence-corrected chi connectivity index (χ4v) is 4.16. The van der Waals surface area contributed by atoms with Gasteiger partial charge < -0.3 is 9.57 Å². The minimum Gasteiger partial charge on any atom is -0.497 e. The van der Waals surface area contributed by atoms with E-state index < -0.39 is 10.0 Å². The molecule has 2 heterocycles. The van der Waals surface area contributed by atoms with Crippen molar-refractivity contribution in [3.63, 3.8) is 0 Å². The van der Waals surface area contributed by atoms with Crippen molar-refractivity contribution in [1.82, 2.24) is 4.31 Å². The van der Waals surface area contributed by atoms with Crippen LogP contribution in [0.3, 0.4) is 0 Å². The Kier molecular flexibility index (Phi) is 3.62. The second kappa shape index (κ2) is 5.31. The van der Waals surface area contributed by atoms with Crippen LogP contribution in [0.4, 0.5) is 0 Å². The summed E-state index contributed by atoms with van der Waals surface area (Å²) in [6.45, 7) is 0.912. The highest BCUT2D eigenvalue weighted by molar-refractivity contribution is 7.89. The van der Waals surface area contributed by atoms with Gasteiger partial charge in [-0.3, -0.25) is 0 Å². The molecule has 114 valence electrons. The highest BCUT2D eigenvalue weighted by Crippen LogP contribution is 2.34. The van der Waals surface area contributed by atoms with Crippen molar-refractivity contribution < 1.29 is 18.0 Å². The third-order valence-electron chi connectivity index (χ3n) is 4.12. The Morgan fingerprint density at radius 3 is 2.43 bits per heavy atom. The van der Waals surface area contributed by atoms with Gasteiger partial charge in [0.2, 0.25) is 10.0 Å². The lowest BCUT2D eigenvalue weighted by molar-refractivity contribution is -0.0506. The lowest BCUT2D eigenvalue weighted by Gasteiger charge is -2.36. The molecule has 3 rings (SSSR count). The molecule has 0 amide bonds. The van der Waals surface area contributed by atoms with Gasteiger partial charge in [0.25, 0.3) is 0 Å². The van der Waals surface area contributed by atoms with Crippen LogP contribution in [0.15, 0.2) is 34.3 Å². The molecule has 2 aliphatic heterocycles. The Morgan fingerprint density at radius 2 is 1.90 bits per heavy atom. The molecule has 0 aromatic heterocycles. The standard InChI is InChI=1S/C14H18N2O4S/c1-19-12-2-4-13(5-3-12)21(17,18)16-10-7-14(8-11-16)6-9-15-20-14/h2-5,9H,6-8,10-11H2,1H3. The highest BCUT2D eigenvalue weighted by atomic mass is 32.2. The van der Waals surface area contributed by atoms with E-state index in [-0.39, 0.29) is 5.60 Å². The van der Waals surface area contributed by atoms with E-state index in [0.717, 1.165) is 6.42 Å². The maximum absolute atomic E-state index is 12.6. The van der Waals surface area contributed by atoms with Gasteiger partial charge in [0.1, 0.15) is 11.4 Å².